The van der Waals surface area contributed by atoms with E-state index in [0.717, 1.165) is 124 Å². The van der Waals surface area contributed by atoms with E-state index in [0.29, 0.717) is 100 Å². The van der Waals surface area contributed by atoms with Crippen LogP contribution >= 0.6 is 58.0 Å². The number of piperazine rings is 4. The molecule has 0 atom stereocenters. The lowest BCUT2D eigenvalue weighted by molar-refractivity contribution is -0.118. The summed E-state index contributed by atoms with van der Waals surface area (Å²) in [6.45, 7) is 38.8. The van der Waals surface area contributed by atoms with E-state index < -0.39 is 44.2 Å². The molecule has 0 bridgehead atoms. The highest BCUT2D eigenvalue weighted by Crippen LogP contribution is 2.35. The molecular weight excluding hydrogens is 1760 g/mol. The Labute approximate surface area is 758 Å². The molecule has 126 heavy (non-hydrogen) atoms. The first-order valence-corrected chi connectivity index (χ1v) is 43.8. The first-order valence-electron chi connectivity index (χ1n) is 40.1. The number of rotatable bonds is 9. The molecule has 8 heterocycles. The van der Waals surface area contributed by atoms with Gasteiger partial charge in [0.05, 0.1) is 75.6 Å². The Kier molecular flexibility index (Phi) is 38.6. The number of carbonyl (C=O) groups is 7. The number of hydrogen-bond donors (Lipinski definition) is 7. The van der Waals surface area contributed by atoms with E-state index in [-0.39, 0.29) is 75.2 Å². The molecule has 39 heteroatoms. The maximum absolute atomic E-state index is 13.8. The Morgan fingerprint density at radius 3 is 1.18 bits per heavy atom. The van der Waals surface area contributed by atoms with Gasteiger partial charge in [0.15, 0.2) is 12.6 Å². The van der Waals surface area contributed by atoms with Crippen molar-refractivity contribution in [1.82, 2.24) is 65.1 Å². The maximum atomic E-state index is 13.8. The predicted molar refractivity (Wildman–Crippen MR) is 496 cm³/mol. The van der Waals surface area contributed by atoms with E-state index in [2.05, 4.69) is 61.2 Å². The Morgan fingerprint density at radius 2 is 0.802 bits per heavy atom. The minimum Gasteiger partial charge on any atom is -0.444 e. The molecule has 0 unspecified atom stereocenters. The number of ether oxygens (including phenoxy) is 3. The van der Waals surface area contributed by atoms with Gasteiger partial charge in [0.2, 0.25) is 21.2 Å². The number of aldehydes is 2. The van der Waals surface area contributed by atoms with E-state index >= 15 is 0 Å². The molecule has 0 aliphatic carbocycles. The monoisotopic (exact) mass is 1870 g/mol. The van der Waals surface area contributed by atoms with Gasteiger partial charge in [0.1, 0.15) is 34.3 Å². The van der Waals surface area contributed by atoms with Crippen molar-refractivity contribution in [2.75, 3.05) is 137 Å². The van der Waals surface area contributed by atoms with Gasteiger partial charge in [0.25, 0.3) is 0 Å². The number of benzene rings is 6. The summed E-state index contributed by atoms with van der Waals surface area (Å²) in [6.07, 6.45) is 9.00. The lowest BCUT2D eigenvalue weighted by atomic mass is 9.92. The van der Waals surface area contributed by atoms with Crippen LogP contribution < -0.4 is 31.1 Å². The van der Waals surface area contributed by atoms with E-state index in [9.17, 15) is 55.2 Å². The molecule has 4 fully saturated rings. The summed E-state index contributed by atoms with van der Waals surface area (Å²) in [5.74, 6) is -2.49. The minimum absolute atomic E-state index is 0. The van der Waals surface area contributed by atoms with Crippen molar-refractivity contribution >= 4 is 182 Å². The van der Waals surface area contributed by atoms with Gasteiger partial charge in [-0.15, -0.1) is 0 Å². The average Bonchev–Trinajstić information content (AvgIpc) is 1.64. The topological polar surface area (TPSA) is 369 Å². The van der Waals surface area contributed by atoms with Crippen LogP contribution in [-0.4, -0.2) is 238 Å². The Bertz CT molecular complexity index is 5400. The maximum Gasteiger partial charge on any atom is 0.410 e. The molecule has 10 aromatic rings. The molecule has 14 rings (SSSR count). The van der Waals surface area contributed by atoms with Crippen LogP contribution in [0.15, 0.2) is 110 Å². The van der Waals surface area contributed by atoms with Crippen molar-refractivity contribution in [3.05, 3.63) is 158 Å². The Hall–Kier alpha value is -10.2. The number of aromatic amines is 4. The highest BCUT2D eigenvalue weighted by molar-refractivity contribution is 7.88. The van der Waals surface area contributed by atoms with Crippen LogP contribution in [0.1, 0.15) is 145 Å². The van der Waals surface area contributed by atoms with Crippen LogP contribution in [0.5, 0.6) is 0 Å². The SMILES string of the molecule is C.CC(C)(C)CC(=O)Cl.CC(C)(C)CC(=O)Nc1cccc2[nH]ncc12.CC(C)(C)OC(=O)N1CCN(c2cc(Cl)cc(F)c2C=O)CC1.CC(C)(C)OC(=O)N1CCN(c2cc(Cl)cc3[nH]ncc23)CC1.CC(C)(C)OC(=O)N1CCNCC1.CS(=O)(=O)N1CCN(c2cc(Cl)cc3[nH]ncc23)CC1.Nc1cccc2[nH]ncc12.O=Cc1c(F)cc(Cl)cc1F. The second kappa shape index (κ2) is 46.5. The summed E-state index contributed by atoms with van der Waals surface area (Å²) in [5, 5.41) is 38.8. The third-order valence-electron chi connectivity index (χ3n) is 18.4. The Morgan fingerprint density at radius 1 is 0.460 bits per heavy atom. The summed E-state index contributed by atoms with van der Waals surface area (Å²) in [6, 6.07) is 23.4. The fourth-order valence-corrected chi connectivity index (χ4v) is 14.7. The largest absolute Gasteiger partial charge is 0.444 e. The van der Waals surface area contributed by atoms with Crippen LogP contribution in [0.4, 0.5) is 56.0 Å². The van der Waals surface area contributed by atoms with Crippen molar-refractivity contribution in [2.45, 2.75) is 141 Å². The van der Waals surface area contributed by atoms with Crippen molar-refractivity contribution < 1.29 is 69.4 Å². The van der Waals surface area contributed by atoms with E-state index in [1.165, 1.54) is 10.6 Å². The van der Waals surface area contributed by atoms with Crippen LogP contribution in [0.3, 0.4) is 0 Å². The number of amides is 4. The second-order valence-corrected chi connectivity index (χ2v) is 39.0. The zero-order valence-electron chi connectivity index (χ0n) is 73.1. The summed E-state index contributed by atoms with van der Waals surface area (Å²) in [7, 11) is -3.11. The number of nitrogen functional groups attached to an aromatic ring is 1. The van der Waals surface area contributed by atoms with Gasteiger partial charge < -0.3 is 60.0 Å². The van der Waals surface area contributed by atoms with E-state index in [1.54, 1.807) is 45.6 Å². The number of hydrogen-bond acceptors (Lipinski definition) is 21. The summed E-state index contributed by atoms with van der Waals surface area (Å²) in [5.41, 5.74) is 11.5. The van der Waals surface area contributed by atoms with Gasteiger partial charge in [-0.3, -0.25) is 39.6 Å². The smallest absolute Gasteiger partial charge is 0.410 e. The van der Waals surface area contributed by atoms with Crippen LogP contribution in [0.2, 0.25) is 20.1 Å². The number of sulfonamides is 1. The molecule has 4 aliphatic rings. The normalized spacial score (nSPS) is 14.5. The molecular formula is C87H116Cl5F3N18O12S. The first kappa shape index (κ1) is 105. The number of carbonyl (C=O) groups excluding carboxylic acids is 7. The molecule has 0 saturated carbocycles. The molecule has 0 radical (unpaired) electrons. The zero-order chi connectivity index (χ0) is 92.7. The number of halogens is 8. The fourth-order valence-electron chi connectivity index (χ4n) is 12.6. The van der Waals surface area contributed by atoms with Gasteiger partial charge in [-0.2, -0.15) is 24.7 Å². The fraction of sp³-hybridized carbons (Fsp3) is 0.460. The van der Waals surface area contributed by atoms with Crippen molar-refractivity contribution in [3.63, 3.8) is 0 Å². The quantitative estimate of drug-likeness (QED) is 0.0305. The molecule has 30 nitrogen and oxygen atoms in total. The molecule has 4 aromatic heterocycles. The van der Waals surface area contributed by atoms with Crippen LogP contribution in [0, 0.1) is 28.3 Å². The number of aromatic nitrogens is 8. The van der Waals surface area contributed by atoms with Crippen molar-refractivity contribution in [3.8, 4) is 0 Å². The third kappa shape index (κ3) is 33.9. The highest BCUT2D eigenvalue weighted by Gasteiger charge is 2.31. The average molecular weight is 1870 g/mol. The standard InChI is InChI=1S/C16H20ClFN2O3.C16H21ClN4O2.C13H17N3O.C12H15ClN4O2S.C9H18N2O2.C7H3ClF2O.C7H7N3.C6H11ClO.CH4/c1-16(2,3)23-15(22)20-6-4-19(5-7-20)14-9-11(17)8-13(18)12(14)10-21;1-16(2,3)23-15(22)21-6-4-20(5-7-21)14-9-11(17)8-13-12(14)10-18-19-13;1-13(2,3)7-12(17)15-10-5-4-6-11-9(10)8-14-16-11;1-20(18,19)17-4-2-16(3-5-17)12-7-9(13)6-11-10(12)8-14-15-11;1-9(2,3)13-8(12)11-6-4-10-5-7-11;8-4-1-6(9)5(3-11)7(10)2-4;8-6-2-1-3-7-5(6)4-9-10-7;1-6(2,3)4-5(7)8;/h8-10H,4-7H2,1-3H3;8-10H,4-7H2,1-3H3,(H,18,19);4-6,8H,7H2,1-3H3,(H,14,16)(H,15,17);6-8H,2-5H2,1H3,(H,14,15);10H,4-7H2,1-3H3;1-3H;1-4H,8H2,(H,9,10);4H2,1-3H3;1H4. The minimum atomic E-state index is -3.11. The van der Waals surface area contributed by atoms with Crippen molar-refractivity contribution in [1.29, 1.82) is 0 Å². The molecule has 4 amide bonds. The molecule has 4 aliphatic heterocycles. The molecule has 8 N–H and O–H groups in total. The molecule has 6 aromatic carbocycles. The number of H-pyrrole nitrogens is 4. The number of fused-ring (bicyclic) bond motifs is 4. The van der Waals surface area contributed by atoms with Gasteiger partial charge in [-0.25, -0.2) is 36.0 Å². The lowest BCUT2D eigenvalue weighted by Gasteiger charge is -2.37. The Balaban J connectivity index is 0.000000227. The molecule has 0 spiro atoms. The van der Waals surface area contributed by atoms with Crippen LogP contribution in [0.25, 0.3) is 43.6 Å². The van der Waals surface area contributed by atoms with E-state index in [4.69, 9.17) is 77.9 Å². The summed E-state index contributed by atoms with van der Waals surface area (Å²) < 4.78 is 79.5. The lowest BCUT2D eigenvalue weighted by Crippen LogP contribution is -2.50. The third-order valence-corrected chi connectivity index (χ3v) is 20.7. The first-order chi connectivity index (χ1) is 58.4. The highest BCUT2D eigenvalue weighted by atomic mass is 35.5. The molecule has 688 valence electrons. The second-order valence-electron chi connectivity index (χ2n) is 34.8. The summed E-state index contributed by atoms with van der Waals surface area (Å²) >= 11 is 28.6. The van der Waals surface area contributed by atoms with Crippen LogP contribution in [-0.2, 0) is 33.8 Å². The number of nitrogens with two attached hydrogens (primary N) is 1. The van der Waals surface area contributed by atoms with Crippen molar-refractivity contribution in [2.24, 2.45) is 10.8 Å². The number of nitrogens with one attached hydrogen (secondary N) is 6. The predicted octanol–water partition coefficient (Wildman–Crippen LogP) is 18.1. The molecule has 4 saturated heterocycles. The summed E-state index contributed by atoms with van der Waals surface area (Å²) in [4.78, 5) is 90.2. The number of anilines is 5. The zero-order valence-corrected chi connectivity index (χ0v) is 77.7. The van der Waals surface area contributed by atoms with E-state index in [1.807, 2.05) is 169 Å². The van der Waals surface area contributed by atoms with Gasteiger partial charge in [-0.05, 0) is 158 Å². The van der Waals surface area contributed by atoms with Gasteiger partial charge >= 0.3 is 18.3 Å². The van der Waals surface area contributed by atoms with Gasteiger partial charge in [0, 0.05) is 176 Å². The number of nitrogens with zero attached hydrogens (tertiary/aromatic N) is 11. The van der Waals surface area contributed by atoms with Gasteiger partial charge in [-0.1, -0.05) is 108 Å².